The second kappa shape index (κ2) is 7.41. The molecule has 0 spiro atoms. The largest absolute Gasteiger partial charge is 0.355 e. The Morgan fingerprint density at radius 2 is 2.00 bits per heavy atom. The van der Waals surface area contributed by atoms with E-state index < -0.39 is 0 Å². The fourth-order valence-electron chi connectivity index (χ4n) is 3.67. The highest BCUT2D eigenvalue weighted by Crippen LogP contribution is 2.25. The molecule has 3 heterocycles. The van der Waals surface area contributed by atoms with Gasteiger partial charge in [-0.1, -0.05) is 11.6 Å². The van der Waals surface area contributed by atoms with Crippen molar-refractivity contribution in [2.24, 2.45) is 0 Å². The minimum atomic E-state index is 0.925. The Bertz CT molecular complexity index is 887. The molecule has 0 radical (unpaired) electrons. The molecule has 0 aliphatic carbocycles. The molecule has 0 amide bonds. The molecule has 2 aromatic heterocycles. The second-order valence-electron chi connectivity index (χ2n) is 7.04. The molecule has 1 fully saturated rings. The van der Waals surface area contributed by atoms with E-state index in [1.807, 2.05) is 10.9 Å². The van der Waals surface area contributed by atoms with Gasteiger partial charge in [0.15, 0.2) is 0 Å². The number of aryl methyl sites for hydroxylation is 2. The number of nitrogens with zero attached hydrogens (tertiary/aromatic N) is 6. The fourth-order valence-corrected chi connectivity index (χ4v) is 3.67. The highest BCUT2D eigenvalue weighted by molar-refractivity contribution is 5.89. The molecule has 4 rings (SSSR count). The van der Waals surface area contributed by atoms with Crippen LogP contribution in [-0.4, -0.2) is 50.8 Å². The van der Waals surface area contributed by atoms with Gasteiger partial charge in [0, 0.05) is 56.4 Å². The van der Waals surface area contributed by atoms with E-state index in [4.69, 9.17) is 0 Å². The van der Waals surface area contributed by atoms with Crippen molar-refractivity contribution in [1.29, 1.82) is 0 Å². The van der Waals surface area contributed by atoms with Gasteiger partial charge in [-0.15, -0.1) is 0 Å². The van der Waals surface area contributed by atoms with E-state index in [1.165, 1.54) is 11.1 Å². The molecule has 0 unspecified atom stereocenters. The van der Waals surface area contributed by atoms with Crippen LogP contribution in [0, 0.1) is 6.92 Å². The Labute approximate surface area is 154 Å². The summed E-state index contributed by atoms with van der Waals surface area (Å²) in [6.45, 7) is 10.3. The Balaban J connectivity index is 1.49. The quantitative estimate of drug-likeness (QED) is 0.724. The Morgan fingerprint density at radius 3 is 2.85 bits per heavy atom. The van der Waals surface area contributed by atoms with Crippen molar-refractivity contribution in [3.05, 3.63) is 48.0 Å². The van der Waals surface area contributed by atoms with Crippen LogP contribution in [0.3, 0.4) is 0 Å². The topological polar surface area (TPSA) is 50.1 Å². The van der Waals surface area contributed by atoms with Gasteiger partial charge in [-0.25, -0.2) is 9.97 Å². The molecule has 6 nitrogen and oxygen atoms in total. The molecule has 26 heavy (non-hydrogen) atoms. The summed E-state index contributed by atoms with van der Waals surface area (Å²) in [5.74, 6) is 1.07. The average molecular weight is 350 g/mol. The molecule has 0 saturated carbocycles. The number of aromatic nitrogens is 4. The fraction of sp³-hybridized carbons (Fsp3) is 0.450. The number of rotatable bonds is 4. The van der Waals surface area contributed by atoms with Crippen molar-refractivity contribution >= 4 is 16.7 Å². The maximum absolute atomic E-state index is 4.62. The van der Waals surface area contributed by atoms with E-state index in [0.717, 1.165) is 62.4 Å². The molecule has 0 bridgehead atoms. The van der Waals surface area contributed by atoms with Gasteiger partial charge in [0.05, 0.1) is 11.7 Å². The van der Waals surface area contributed by atoms with E-state index >= 15 is 0 Å². The first kappa shape index (κ1) is 17.0. The number of hydrogen-bond acceptors (Lipinski definition) is 5. The first-order valence-corrected chi connectivity index (χ1v) is 9.43. The number of benzene rings is 1. The maximum Gasteiger partial charge on any atom is 0.139 e. The summed E-state index contributed by atoms with van der Waals surface area (Å²) in [7, 11) is 0. The summed E-state index contributed by atoms with van der Waals surface area (Å²) in [6, 6.07) is 6.40. The molecule has 3 aromatic rings. The molecule has 1 aliphatic rings. The molecule has 0 atom stereocenters. The zero-order chi connectivity index (χ0) is 17.9. The van der Waals surface area contributed by atoms with Gasteiger partial charge < -0.3 is 4.90 Å². The number of fused-ring (bicyclic) bond motifs is 1. The zero-order valence-electron chi connectivity index (χ0n) is 15.6. The van der Waals surface area contributed by atoms with Crippen molar-refractivity contribution in [2.45, 2.75) is 33.4 Å². The van der Waals surface area contributed by atoms with Gasteiger partial charge in [-0.3, -0.25) is 9.58 Å². The number of hydrogen-bond donors (Lipinski definition) is 0. The SMILES string of the molecule is CCn1cc(CN2CCCN(c3ncnc4ccc(C)cc34)CC2)cn1. The minimum Gasteiger partial charge on any atom is -0.355 e. The highest BCUT2D eigenvalue weighted by Gasteiger charge is 2.18. The van der Waals surface area contributed by atoms with Gasteiger partial charge in [0.25, 0.3) is 0 Å². The van der Waals surface area contributed by atoms with E-state index in [1.54, 1.807) is 6.33 Å². The van der Waals surface area contributed by atoms with Crippen LogP contribution in [-0.2, 0) is 13.1 Å². The first-order chi connectivity index (χ1) is 12.7. The number of anilines is 1. The van der Waals surface area contributed by atoms with Crippen molar-refractivity contribution in [1.82, 2.24) is 24.6 Å². The smallest absolute Gasteiger partial charge is 0.139 e. The summed E-state index contributed by atoms with van der Waals surface area (Å²) < 4.78 is 1.99. The maximum atomic E-state index is 4.62. The predicted octanol–water partition coefficient (Wildman–Crippen LogP) is 2.87. The van der Waals surface area contributed by atoms with Crippen LogP contribution in [0.4, 0.5) is 5.82 Å². The van der Waals surface area contributed by atoms with E-state index in [9.17, 15) is 0 Å². The molecule has 136 valence electrons. The molecule has 6 heteroatoms. The molecule has 0 N–H and O–H groups in total. The third kappa shape index (κ3) is 3.55. The Morgan fingerprint density at radius 1 is 1.08 bits per heavy atom. The van der Waals surface area contributed by atoms with Gasteiger partial charge in [-0.05, 0) is 32.4 Å². The van der Waals surface area contributed by atoms with Crippen LogP contribution in [0.2, 0.25) is 0 Å². The van der Waals surface area contributed by atoms with Gasteiger partial charge in [0.2, 0.25) is 0 Å². The molecule has 1 aliphatic heterocycles. The molecule has 1 aromatic carbocycles. The van der Waals surface area contributed by atoms with Crippen molar-refractivity contribution in [3.63, 3.8) is 0 Å². The van der Waals surface area contributed by atoms with Gasteiger partial charge in [0.1, 0.15) is 12.1 Å². The van der Waals surface area contributed by atoms with Crippen LogP contribution in [0.1, 0.15) is 24.5 Å². The second-order valence-corrected chi connectivity index (χ2v) is 7.04. The van der Waals surface area contributed by atoms with Gasteiger partial charge >= 0.3 is 0 Å². The van der Waals surface area contributed by atoms with Crippen LogP contribution >= 0.6 is 0 Å². The third-order valence-electron chi connectivity index (χ3n) is 5.07. The average Bonchev–Trinajstić information content (AvgIpc) is 2.98. The standard InChI is InChI=1S/C20H26N6/c1-3-26-14-17(12-23-26)13-24-7-4-8-25(10-9-24)20-18-11-16(2)5-6-19(18)21-15-22-20/h5-6,11-12,14-15H,3-4,7-10,13H2,1-2H3. The van der Waals surface area contributed by atoms with Crippen molar-refractivity contribution in [2.75, 3.05) is 31.1 Å². The van der Waals surface area contributed by atoms with Crippen molar-refractivity contribution < 1.29 is 0 Å². The van der Waals surface area contributed by atoms with E-state index in [0.29, 0.717) is 0 Å². The summed E-state index contributed by atoms with van der Waals surface area (Å²) >= 11 is 0. The molecule has 1 saturated heterocycles. The van der Waals surface area contributed by atoms with E-state index in [2.05, 4.69) is 63.1 Å². The lowest BCUT2D eigenvalue weighted by atomic mass is 10.1. The summed E-state index contributed by atoms with van der Waals surface area (Å²) in [6.07, 6.45) is 6.98. The summed E-state index contributed by atoms with van der Waals surface area (Å²) in [5.41, 5.74) is 3.56. The molecular weight excluding hydrogens is 324 g/mol. The normalized spacial score (nSPS) is 16.2. The summed E-state index contributed by atoms with van der Waals surface area (Å²) in [4.78, 5) is 14.0. The Kier molecular flexibility index (Phi) is 4.84. The van der Waals surface area contributed by atoms with Crippen LogP contribution < -0.4 is 4.90 Å². The first-order valence-electron chi connectivity index (χ1n) is 9.43. The zero-order valence-corrected chi connectivity index (χ0v) is 15.6. The molecular formula is C20H26N6. The lowest BCUT2D eigenvalue weighted by Gasteiger charge is -2.23. The minimum absolute atomic E-state index is 0.925. The van der Waals surface area contributed by atoms with Crippen LogP contribution in [0.5, 0.6) is 0 Å². The van der Waals surface area contributed by atoms with Crippen LogP contribution in [0.15, 0.2) is 36.9 Å². The lowest BCUT2D eigenvalue weighted by molar-refractivity contribution is 0.285. The third-order valence-corrected chi connectivity index (χ3v) is 5.07. The highest BCUT2D eigenvalue weighted by atomic mass is 15.3. The van der Waals surface area contributed by atoms with E-state index in [-0.39, 0.29) is 0 Å². The van der Waals surface area contributed by atoms with Crippen LogP contribution in [0.25, 0.3) is 10.9 Å². The Hall–Kier alpha value is -2.47. The lowest BCUT2D eigenvalue weighted by Crippen LogP contribution is -2.31. The van der Waals surface area contributed by atoms with Gasteiger partial charge in [-0.2, -0.15) is 5.10 Å². The van der Waals surface area contributed by atoms with Crippen molar-refractivity contribution in [3.8, 4) is 0 Å². The predicted molar refractivity (Wildman–Crippen MR) is 104 cm³/mol. The monoisotopic (exact) mass is 350 g/mol. The summed E-state index contributed by atoms with van der Waals surface area (Å²) in [5, 5.41) is 5.55.